The molecule has 2 atom stereocenters. The van der Waals surface area contributed by atoms with Crippen molar-refractivity contribution < 1.29 is 19.4 Å². The molecule has 7 heteroatoms. The first kappa shape index (κ1) is 15.7. The molecule has 0 spiro atoms. The number of hydrogen-bond donors (Lipinski definition) is 2. The van der Waals surface area contributed by atoms with Crippen molar-refractivity contribution in [2.75, 3.05) is 11.9 Å². The molecule has 0 saturated carbocycles. The molecular weight excluding hydrogens is 286 g/mol. The van der Waals surface area contributed by atoms with Crippen molar-refractivity contribution in [3.05, 3.63) is 36.5 Å². The van der Waals surface area contributed by atoms with Crippen LogP contribution in [-0.4, -0.2) is 46.4 Å². The molecule has 0 radical (unpaired) electrons. The number of anilines is 1. The summed E-state index contributed by atoms with van der Waals surface area (Å²) in [7, 11) is 0. The number of rotatable bonds is 7. The monoisotopic (exact) mass is 303 g/mol. The minimum absolute atomic E-state index is 0.360. The third-order valence-electron chi connectivity index (χ3n) is 3.08. The molecule has 1 aliphatic heterocycles. The van der Waals surface area contributed by atoms with Crippen LogP contribution in [-0.2, 0) is 14.3 Å². The van der Waals surface area contributed by atoms with Crippen molar-refractivity contribution in [2.45, 2.75) is 25.0 Å². The van der Waals surface area contributed by atoms with Gasteiger partial charge in [0.1, 0.15) is 11.9 Å². The van der Waals surface area contributed by atoms with E-state index in [4.69, 9.17) is 9.84 Å². The van der Waals surface area contributed by atoms with Gasteiger partial charge in [-0.15, -0.1) is 0 Å². The standard InChI is InChI=1S/C15H17N3O4/c1-11(10-17-12-5-2-3-7-16-12)22-14(21)15(9-13(19)20)6-4-8-18-15/h2-8,11H,9-10H2,1H3,(H,16,17)(H,19,20). The first-order valence-corrected chi connectivity index (χ1v) is 6.83. The topological polar surface area (TPSA) is 101 Å². The number of ether oxygens (including phenoxy) is 1. The van der Waals surface area contributed by atoms with Gasteiger partial charge in [0, 0.05) is 12.4 Å². The highest BCUT2D eigenvalue weighted by atomic mass is 16.5. The Morgan fingerprint density at radius 1 is 1.45 bits per heavy atom. The van der Waals surface area contributed by atoms with Gasteiger partial charge in [-0.05, 0) is 31.2 Å². The van der Waals surface area contributed by atoms with Crippen LogP contribution in [0, 0.1) is 0 Å². The lowest BCUT2D eigenvalue weighted by atomic mass is 9.97. The van der Waals surface area contributed by atoms with Crippen LogP contribution in [0.5, 0.6) is 0 Å². The van der Waals surface area contributed by atoms with E-state index < -0.39 is 30.0 Å². The highest BCUT2D eigenvalue weighted by Gasteiger charge is 2.41. The number of carboxylic acids is 1. The summed E-state index contributed by atoms with van der Waals surface area (Å²) in [5.74, 6) is -1.11. The molecule has 2 rings (SSSR count). The molecule has 1 aromatic rings. The van der Waals surface area contributed by atoms with Crippen LogP contribution in [0.15, 0.2) is 41.5 Å². The quantitative estimate of drug-likeness (QED) is 0.736. The maximum atomic E-state index is 12.2. The zero-order valence-electron chi connectivity index (χ0n) is 12.1. The molecule has 0 saturated heterocycles. The Bertz CT molecular complexity index is 586. The number of aromatic nitrogens is 1. The number of carbonyl (C=O) groups excluding carboxylic acids is 1. The highest BCUT2D eigenvalue weighted by molar-refractivity contribution is 5.94. The fraction of sp³-hybridized carbons (Fsp3) is 0.333. The van der Waals surface area contributed by atoms with E-state index in [1.807, 2.05) is 6.07 Å². The predicted molar refractivity (Wildman–Crippen MR) is 80.9 cm³/mol. The predicted octanol–water partition coefficient (Wildman–Crippen LogP) is 1.28. The maximum Gasteiger partial charge on any atom is 0.338 e. The molecular formula is C15H17N3O4. The summed E-state index contributed by atoms with van der Waals surface area (Å²) in [4.78, 5) is 31.2. The Morgan fingerprint density at radius 3 is 2.86 bits per heavy atom. The number of aliphatic carboxylic acids is 1. The van der Waals surface area contributed by atoms with Crippen LogP contribution >= 0.6 is 0 Å². The van der Waals surface area contributed by atoms with Crippen molar-refractivity contribution in [3.8, 4) is 0 Å². The molecule has 0 bridgehead atoms. The number of carbonyl (C=O) groups is 2. The number of allylic oxidation sites excluding steroid dienone is 1. The van der Waals surface area contributed by atoms with Gasteiger partial charge in [-0.1, -0.05) is 6.07 Å². The van der Waals surface area contributed by atoms with Gasteiger partial charge in [-0.3, -0.25) is 9.79 Å². The van der Waals surface area contributed by atoms with Crippen LogP contribution in [0.1, 0.15) is 13.3 Å². The average molecular weight is 303 g/mol. The molecule has 2 heterocycles. The summed E-state index contributed by atoms with van der Waals surface area (Å²) in [6, 6.07) is 5.44. The second-order valence-corrected chi connectivity index (χ2v) is 4.94. The van der Waals surface area contributed by atoms with Crippen molar-refractivity contribution in [1.29, 1.82) is 0 Å². The molecule has 0 fully saturated rings. The third-order valence-corrected chi connectivity index (χ3v) is 3.08. The first-order valence-electron chi connectivity index (χ1n) is 6.83. The van der Waals surface area contributed by atoms with E-state index in [1.54, 1.807) is 31.3 Å². The summed E-state index contributed by atoms with van der Waals surface area (Å²) in [5.41, 5.74) is -1.45. The second kappa shape index (κ2) is 6.84. The first-order chi connectivity index (χ1) is 10.5. The Kier molecular flexibility index (Phi) is 4.88. The van der Waals surface area contributed by atoms with Crippen LogP contribution in [0.3, 0.4) is 0 Å². The number of esters is 1. The maximum absolute atomic E-state index is 12.2. The molecule has 116 valence electrons. The minimum Gasteiger partial charge on any atom is -0.481 e. The second-order valence-electron chi connectivity index (χ2n) is 4.94. The zero-order valence-corrected chi connectivity index (χ0v) is 12.1. The molecule has 0 aromatic carbocycles. The van der Waals surface area contributed by atoms with E-state index in [0.717, 1.165) is 0 Å². The Labute approximate surface area is 127 Å². The summed E-state index contributed by atoms with van der Waals surface area (Å²) < 4.78 is 5.30. The summed E-state index contributed by atoms with van der Waals surface area (Å²) in [6.45, 7) is 2.07. The smallest absolute Gasteiger partial charge is 0.338 e. The molecule has 2 unspecified atom stereocenters. The minimum atomic E-state index is -1.45. The van der Waals surface area contributed by atoms with Gasteiger partial charge in [0.2, 0.25) is 0 Å². The largest absolute Gasteiger partial charge is 0.481 e. The number of nitrogens with zero attached hydrogens (tertiary/aromatic N) is 2. The molecule has 0 amide bonds. The third kappa shape index (κ3) is 3.91. The molecule has 22 heavy (non-hydrogen) atoms. The van der Waals surface area contributed by atoms with Gasteiger partial charge in [0.25, 0.3) is 0 Å². The fourth-order valence-electron chi connectivity index (χ4n) is 1.99. The van der Waals surface area contributed by atoms with E-state index in [2.05, 4.69) is 15.3 Å². The van der Waals surface area contributed by atoms with Gasteiger partial charge in [0.15, 0.2) is 5.54 Å². The number of nitrogens with one attached hydrogen (secondary N) is 1. The number of carboxylic acid groups (broad SMARTS) is 1. The van der Waals surface area contributed by atoms with Crippen molar-refractivity contribution in [3.63, 3.8) is 0 Å². The lowest BCUT2D eigenvalue weighted by Crippen LogP contribution is -2.40. The van der Waals surface area contributed by atoms with Gasteiger partial charge >= 0.3 is 11.9 Å². The van der Waals surface area contributed by atoms with E-state index in [-0.39, 0.29) is 0 Å². The average Bonchev–Trinajstić information content (AvgIpc) is 2.95. The van der Waals surface area contributed by atoms with Crippen LogP contribution in [0.25, 0.3) is 0 Å². The SMILES string of the molecule is CC(CNc1ccccn1)OC(=O)C1(CC(=O)O)C=CC=N1. The van der Waals surface area contributed by atoms with Crippen LogP contribution in [0.4, 0.5) is 5.82 Å². The van der Waals surface area contributed by atoms with Crippen LogP contribution in [0.2, 0.25) is 0 Å². The molecule has 2 N–H and O–H groups in total. The fourth-order valence-corrected chi connectivity index (χ4v) is 1.99. The molecule has 7 nitrogen and oxygen atoms in total. The number of pyridine rings is 1. The van der Waals surface area contributed by atoms with Gasteiger partial charge in [0.05, 0.1) is 13.0 Å². The van der Waals surface area contributed by atoms with E-state index in [0.29, 0.717) is 12.4 Å². The summed E-state index contributed by atoms with van der Waals surface area (Å²) in [5, 5.41) is 12.0. The van der Waals surface area contributed by atoms with E-state index >= 15 is 0 Å². The van der Waals surface area contributed by atoms with Crippen molar-refractivity contribution >= 4 is 24.0 Å². The van der Waals surface area contributed by atoms with Crippen molar-refractivity contribution in [2.24, 2.45) is 4.99 Å². The number of hydrogen-bond acceptors (Lipinski definition) is 6. The van der Waals surface area contributed by atoms with Crippen LogP contribution < -0.4 is 5.32 Å². The number of aliphatic imine (C=N–C) groups is 1. The lowest BCUT2D eigenvalue weighted by Gasteiger charge is -2.23. The lowest BCUT2D eigenvalue weighted by molar-refractivity contribution is -0.155. The van der Waals surface area contributed by atoms with Gasteiger partial charge < -0.3 is 15.2 Å². The molecule has 0 aliphatic carbocycles. The van der Waals surface area contributed by atoms with Gasteiger partial charge in [-0.2, -0.15) is 0 Å². The highest BCUT2D eigenvalue weighted by Crippen LogP contribution is 2.24. The Hall–Kier alpha value is -2.70. The Morgan fingerprint density at radius 2 is 2.27 bits per heavy atom. The molecule has 1 aliphatic rings. The van der Waals surface area contributed by atoms with Gasteiger partial charge in [-0.25, -0.2) is 9.78 Å². The molecule has 1 aromatic heterocycles. The summed E-state index contributed by atoms with van der Waals surface area (Å²) >= 11 is 0. The van der Waals surface area contributed by atoms with E-state index in [1.165, 1.54) is 12.3 Å². The summed E-state index contributed by atoms with van der Waals surface area (Å²) in [6.07, 6.45) is 5.16. The van der Waals surface area contributed by atoms with Crippen molar-refractivity contribution in [1.82, 2.24) is 4.98 Å². The normalized spacial score (nSPS) is 20.6. The zero-order chi connectivity index (χ0) is 16.0. The Balaban J connectivity index is 1.91. The van der Waals surface area contributed by atoms with E-state index in [9.17, 15) is 9.59 Å².